The number of methoxy groups -OCH3 is 2. The second kappa shape index (κ2) is 14.7. The Morgan fingerprint density at radius 1 is 0.864 bits per heavy atom. The number of fused-ring (bicyclic) bond motifs is 1. The first kappa shape index (κ1) is 34.3. The van der Waals surface area contributed by atoms with Crippen LogP contribution in [0.3, 0.4) is 0 Å². The Morgan fingerprint density at radius 3 is 2.18 bits per heavy atom. The fraction of sp³-hybridized carbons (Fsp3) is 0.621. The Bertz CT molecular complexity index is 1500. The number of aromatic nitrogens is 4. The van der Waals surface area contributed by atoms with E-state index in [1.807, 2.05) is 6.33 Å². The quantitative estimate of drug-likeness (QED) is 0.291. The molecule has 0 atom stereocenters. The van der Waals surface area contributed by atoms with E-state index in [0.29, 0.717) is 61.3 Å². The Hall–Kier alpha value is -2.58. The molecule has 0 unspecified atom stereocenters. The Morgan fingerprint density at radius 2 is 1.52 bits per heavy atom. The maximum absolute atomic E-state index is 13.4. The number of imidazole rings is 1. The Labute approximate surface area is 271 Å². The molecule has 2 saturated carbocycles. The second-order valence-electron chi connectivity index (χ2n) is 11.8. The summed E-state index contributed by atoms with van der Waals surface area (Å²) in [6.45, 7) is 0.791. The number of benzene rings is 1. The first-order valence-corrected chi connectivity index (χ1v) is 16.5. The maximum Gasteiger partial charge on any atom is 0.243 e. The van der Waals surface area contributed by atoms with E-state index in [-0.39, 0.29) is 41.8 Å². The van der Waals surface area contributed by atoms with Gasteiger partial charge in [0, 0.05) is 43.3 Å². The highest BCUT2D eigenvalue weighted by molar-refractivity contribution is 7.89. The molecule has 15 heteroatoms. The summed E-state index contributed by atoms with van der Waals surface area (Å²) in [5, 5.41) is 7.19. The zero-order valence-electron chi connectivity index (χ0n) is 25.3. The molecule has 3 heterocycles. The van der Waals surface area contributed by atoms with E-state index in [2.05, 4.69) is 15.2 Å². The fourth-order valence-electron chi connectivity index (χ4n) is 6.54. The molecular weight excluding hydrogens is 627 g/mol. The number of ether oxygens (including phenoxy) is 2. The highest BCUT2D eigenvalue weighted by Crippen LogP contribution is 2.35. The van der Waals surface area contributed by atoms with E-state index in [1.165, 1.54) is 37.4 Å². The normalized spacial score (nSPS) is 21.8. The number of piperidine rings is 1. The molecule has 2 aliphatic carbocycles. The van der Waals surface area contributed by atoms with Crippen LogP contribution in [-0.4, -0.2) is 77.7 Å². The van der Waals surface area contributed by atoms with Gasteiger partial charge in [-0.1, -0.05) is 12.8 Å². The summed E-state index contributed by atoms with van der Waals surface area (Å²) in [5.74, 6) is 2.19. The molecule has 2 aromatic heterocycles. The molecule has 4 N–H and O–H groups in total. The van der Waals surface area contributed by atoms with Crippen LogP contribution in [0.15, 0.2) is 29.4 Å². The van der Waals surface area contributed by atoms with Crippen LogP contribution in [0.1, 0.15) is 70.3 Å². The summed E-state index contributed by atoms with van der Waals surface area (Å²) in [7, 11) is -0.649. The molecule has 3 fully saturated rings. The van der Waals surface area contributed by atoms with Gasteiger partial charge < -0.3 is 30.4 Å². The molecular formula is C29H44Cl2N8O4S. The number of halogens is 2. The van der Waals surface area contributed by atoms with Crippen LogP contribution in [0.5, 0.6) is 11.5 Å². The molecule has 3 aliphatic rings. The van der Waals surface area contributed by atoms with Crippen LogP contribution in [0.25, 0.3) is 11.2 Å². The zero-order chi connectivity index (χ0) is 29.3. The van der Waals surface area contributed by atoms with Gasteiger partial charge in [0.1, 0.15) is 0 Å². The molecule has 0 spiro atoms. The molecule has 0 amide bonds. The third-order valence-corrected chi connectivity index (χ3v) is 10.9. The number of nitrogens with zero attached hydrogens (tertiary/aromatic N) is 5. The fourth-order valence-corrected chi connectivity index (χ4v) is 8.02. The van der Waals surface area contributed by atoms with Crippen LogP contribution in [0, 0.1) is 0 Å². The van der Waals surface area contributed by atoms with Crippen LogP contribution in [0.4, 0.5) is 11.8 Å². The Kier molecular flexibility index (Phi) is 11.4. The van der Waals surface area contributed by atoms with E-state index in [9.17, 15) is 8.42 Å². The molecule has 3 aromatic rings. The first-order valence-electron chi connectivity index (χ1n) is 15.1. The zero-order valence-corrected chi connectivity index (χ0v) is 27.7. The number of anilines is 2. The molecule has 1 aromatic carbocycles. The van der Waals surface area contributed by atoms with Crippen molar-refractivity contribution in [2.45, 2.75) is 93.3 Å². The number of hydrogen-bond donors (Lipinski definition) is 3. The van der Waals surface area contributed by atoms with Crippen molar-refractivity contribution in [1.29, 1.82) is 0 Å². The molecule has 1 aliphatic heterocycles. The van der Waals surface area contributed by atoms with Gasteiger partial charge in [-0.2, -0.15) is 14.3 Å². The van der Waals surface area contributed by atoms with Gasteiger partial charge in [0.05, 0.1) is 25.4 Å². The summed E-state index contributed by atoms with van der Waals surface area (Å²) in [6, 6.07) is 5.73. The number of rotatable bonds is 9. The lowest BCUT2D eigenvalue weighted by Crippen LogP contribution is -2.42. The maximum atomic E-state index is 13.4. The van der Waals surface area contributed by atoms with Crippen LogP contribution >= 0.6 is 24.8 Å². The number of hydrogen-bond acceptors (Lipinski definition) is 10. The van der Waals surface area contributed by atoms with E-state index >= 15 is 0 Å². The molecule has 12 nitrogen and oxygen atoms in total. The van der Waals surface area contributed by atoms with E-state index in [1.54, 1.807) is 12.1 Å². The predicted octanol–water partition coefficient (Wildman–Crippen LogP) is 4.75. The lowest BCUT2D eigenvalue weighted by atomic mass is 9.92. The average molecular weight is 672 g/mol. The standard InChI is InChI=1S/C29H42N8O4S.2ClH/c1-40-24-12-11-23(17-25(24)41-2)42(38,39)36-15-13-21(14-16-36)32-27-26-28(37(18-31-26)22-5-3-4-6-22)35-29(34-27)33-20-9-7-19(30)8-10-20;;/h11-12,17-22H,3-10,13-16,30H2,1-2H3,(H2,32,33,34,35);2*1H/t19-,20-;;. The highest BCUT2D eigenvalue weighted by atomic mass is 35.5. The van der Waals surface area contributed by atoms with Crippen molar-refractivity contribution in [3.63, 3.8) is 0 Å². The van der Waals surface area contributed by atoms with Crippen LogP contribution in [-0.2, 0) is 10.0 Å². The lowest BCUT2D eigenvalue weighted by Gasteiger charge is -2.32. The van der Waals surface area contributed by atoms with Gasteiger partial charge in [-0.25, -0.2) is 13.4 Å². The first-order chi connectivity index (χ1) is 20.4. The summed E-state index contributed by atoms with van der Waals surface area (Å²) >= 11 is 0. The third-order valence-electron chi connectivity index (χ3n) is 9.03. The summed E-state index contributed by atoms with van der Waals surface area (Å²) < 4.78 is 41.2. The van der Waals surface area contributed by atoms with Gasteiger partial charge in [0.15, 0.2) is 28.5 Å². The van der Waals surface area contributed by atoms with Crippen molar-refractivity contribution in [2.24, 2.45) is 5.73 Å². The number of sulfonamides is 1. The van der Waals surface area contributed by atoms with Gasteiger partial charge >= 0.3 is 0 Å². The summed E-state index contributed by atoms with van der Waals surface area (Å²) in [4.78, 5) is 14.8. The molecule has 44 heavy (non-hydrogen) atoms. The smallest absolute Gasteiger partial charge is 0.243 e. The number of nitrogens with one attached hydrogen (secondary N) is 2. The van der Waals surface area contributed by atoms with E-state index in [4.69, 9.17) is 30.2 Å². The minimum Gasteiger partial charge on any atom is -0.493 e. The largest absolute Gasteiger partial charge is 0.493 e. The molecule has 244 valence electrons. The molecule has 1 saturated heterocycles. The SMILES string of the molecule is COc1ccc(S(=O)(=O)N2CCC(Nc3nc(N[C@H]4CC[C@H](N)CC4)nc4c3ncn4C3CCCC3)CC2)cc1OC.Cl.Cl. The van der Waals surface area contributed by atoms with Crippen molar-refractivity contribution in [3.8, 4) is 11.5 Å². The highest BCUT2D eigenvalue weighted by Gasteiger charge is 2.31. The van der Waals surface area contributed by atoms with Crippen LogP contribution in [0.2, 0.25) is 0 Å². The van der Waals surface area contributed by atoms with E-state index in [0.717, 1.165) is 49.7 Å². The summed E-state index contributed by atoms with van der Waals surface area (Å²) in [5.41, 5.74) is 7.74. The van der Waals surface area contributed by atoms with Gasteiger partial charge in [-0.15, -0.1) is 24.8 Å². The predicted molar refractivity (Wildman–Crippen MR) is 176 cm³/mol. The van der Waals surface area contributed by atoms with Crippen molar-refractivity contribution in [1.82, 2.24) is 23.8 Å². The third kappa shape index (κ3) is 7.12. The molecule has 0 radical (unpaired) electrons. The topological polar surface area (TPSA) is 150 Å². The van der Waals surface area contributed by atoms with Gasteiger partial charge in [-0.3, -0.25) is 0 Å². The van der Waals surface area contributed by atoms with Crippen LogP contribution < -0.4 is 25.8 Å². The monoisotopic (exact) mass is 670 g/mol. The van der Waals surface area contributed by atoms with Crippen molar-refractivity contribution in [3.05, 3.63) is 24.5 Å². The molecule has 6 rings (SSSR count). The lowest BCUT2D eigenvalue weighted by molar-refractivity contribution is 0.328. The minimum absolute atomic E-state index is 0. The number of nitrogens with two attached hydrogens (primary N) is 1. The minimum atomic E-state index is -3.67. The molecule has 0 bridgehead atoms. The average Bonchev–Trinajstić information content (AvgIpc) is 3.69. The van der Waals surface area contributed by atoms with Crippen molar-refractivity contribution in [2.75, 3.05) is 37.9 Å². The second-order valence-corrected chi connectivity index (χ2v) is 13.7. The van der Waals surface area contributed by atoms with Gasteiger partial charge in [-0.05, 0) is 63.5 Å². The van der Waals surface area contributed by atoms with Gasteiger partial charge in [0.2, 0.25) is 16.0 Å². The van der Waals surface area contributed by atoms with E-state index < -0.39 is 10.0 Å². The van der Waals surface area contributed by atoms with Crippen molar-refractivity contribution < 1.29 is 17.9 Å². The Balaban J connectivity index is 0.00000221. The van der Waals surface area contributed by atoms with Gasteiger partial charge in [0.25, 0.3) is 0 Å². The van der Waals surface area contributed by atoms with Crippen molar-refractivity contribution >= 4 is 57.8 Å². The summed E-state index contributed by atoms with van der Waals surface area (Å²) in [6.07, 6.45) is 11.9.